The maximum Gasteiger partial charge on any atom is 0.319 e. The third-order valence-electron chi connectivity index (χ3n) is 4.40. The number of nitrogens with zero attached hydrogens (tertiary/aromatic N) is 1. The van der Waals surface area contributed by atoms with Crippen LogP contribution in [0.15, 0.2) is 42.5 Å². The normalized spacial score (nSPS) is 18.3. The van der Waals surface area contributed by atoms with Crippen LogP contribution in [0.1, 0.15) is 6.42 Å². The average Bonchev–Trinajstić information content (AvgIpc) is 3.03. The summed E-state index contributed by atoms with van der Waals surface area (Å²) in [6.07, 6.45) is 0.200. The largest absolute Gasteiger partial charge is 0.486 e. The molecular formula is C19H18FN3O4. The Morgan fingerprint density at radius 1 is 1.07 bits per heavy atom. The van der Waals surface area contributed by atoms with Crippen molar-refractivity contribution >= 4 is 23.3 Å². The van der Waals surface area contributed by atoms with Crippen LogP contribution in [0.3, 0.4) is 0 Å². The van der Waals surface area contributed by atoms with Crippen molar-refractivity contribution in [1.29, 1.82) is 0 Å². The molecule has 1 fully saturated rings. The summed E-state index contributed by atoms with van der Waals surface area (Å²) in [5, 5.41) is 5.40. The van der Waals surface area contributed by atoms with Crippen LogP contribution >= 0.6 is 0 Å². The monoisotopic (exact) mass is 371 g/mol. The summed E-state index contributed by atoms with van der Waals surface area (Å²) >= 11 is 0. The number of nitrogens with one attached hydrogen (secondary N) is 2. The first-order valence-corrected chi connectivity index (χ1v) is 8.61. The highest BCUT2D eigenvalue weighted by molar-refractivity contribution is 5.98. The number of halogens is 1. The molecule has 140 valence electrons. The number of hydrogen-bond acceptors (Lipinski definition) is 4. The molecule has 7 nitrogen and oxygen atoms in total. The number of fused-ring (bicyclic) bond motifs is 1. The fraction of sp³-hybridized carbons (Fsp3) is 0.263. The van der Waals surface area contributed by atoms with Gasteiger partial charge in [-0.2, -0.15) is 0 Å². The molecule has 1 atom stereocenters. The van der Waals surface area contributed by atoms with Gasteiger partial charge in [0.15, 0.2) is 11.5 Å². The van der Waals surface area contributed by atoms with E-state index < -0.39 is 6.03 Å². The van der Waals surface area contributed by atoms with E-state index in [0.717, 1.165) is 0 Å². The number of carbonyl (C=O) groups is 2. The van der Waals surface area contributed by atoms with E-state index in [9.17, 15) is 14.0 Å². The highest BCUT2D eigenvalue weighted by Gasteiger charge is 2.32. The predicted molar refractivity (Wildman–Crippen MR) is 96.7 cm³/mol. The van der Waals surface area contributed by atoms with Gasteiger partial charge >= 0.3 is 6.03 Å². The second kappa shape index (κ2) is 7.14. The number of amides is 3. The molecule has 2 aromatic carbocycles. The number of urea groups is 1. The third-order valence-corrected chi connectivity index (χ3v) is 4.40. The lowest BCUT2D eigenvalue weighted by Crippen LogP contribution is -2.39. The van der Waals surface area contributed by atoms with E-state index in [1.54, 1.807) is 23.1 Å². The minimum absolute atomic E-state index is 0.0845. The fourth-order valence-corrected chi connectivity index (χ4v) is 3.14. The highest BCUT2D eigenvalue weighted by atomic mass is 19.1. The first-order chi connectivity index (χ1) is 13.1. The smallest absolute Gasteiger partial charge is 0.319 e. The molecule has 1 unspecified atom stereocenters. The summed E-state index contributed by atoms with van der Waals surface area (Å²) in [5.41, 5.74) is 1.18. The van der Waals surface area contributed by atoms with E-state index in [-0.39, 0.29) is 24.2 Å². The summed E-state index contributed by atoms with van der Waals surface area (Å²) in [6, 6.07) is 10.0. The van der Waals surface area contributed by atoms with Gasteiger partial charge < -0.3 is 25.0 Å². The van der Waals surface area contributed by atoms with Crippen LogP contribution in [0.4, 0.5) is 20.6 Å². The summed E-state index contributed by atoms with van der Waals surface area (Å²) in [6.45, 7) is 1.33. The van der Waals surface area contributed by atoms with E-state index in [4.69, 9.17) is 9.47 Å². The second-order valence-electron chi connectivity index (χ2n) is 6.34. The van der Waals surface area contributed by atoms with Gasteiger partial charge in [-0.1, -0.05) is 0 Å². The molecular weight excluding hydrogens is 353 g/mol. The van der Waals surface area contributed by atoms with Crippen molar-refractivity contribution in [2.45, 2.75) is 12.5 Å². The molecule has 0 spiro atoms. The Morgan fingerprint density at radius 2 is 1.81 bits per heavy atom. The molecule has 2 aliphatic heterocycles. The van der Waals surface area contributed by atoms with Gasteiger partial charge in [0.2, 0.25) is 5.91 Å². The van der Waals surface area contributed by atoms with Crippen LogP contribution < -0.4 is 25.0 Å². The number of anilines is 2. The molecule has 0 bridgehead atoms. The van der Waals surface area contributed by atoms with E-state index in [1.807, 2.05) is 0 Å². The molecule has 3 amide bonds. The first-order valence-electron chi connectivity index (χ1n) is 8.61. The molecule has 2 heterocycles. The van der Waals surface area contributed by atoms with Crippen molar-refractivity contribution in [3.05, 3.63) is 48.3 Å². The second-order valence-corrected chi connectivity index (χ2v) is 6.34. The van der Waals surface area contributed by atoms with Crippen molar-refractivity contribution in [3.63, 3.8) is 0 Å². The maximum atomic E-state index is 12.9. The van der Waals surface area contributed by atoms with Gasteiger partial charge in [0.1, 0.15) is 19.0 Å². The Kier molecular flexibility index (Phi) is 4.53. The van der Waals surface area contributed by atoms with Gasteiger partial charge in [-0.3, -0.25) is 4.79 Å². The summed E-state index contributed by atoms with van der Waals surface area (Å²) in [7, 11) is 0. The topological polar surface area (TPSA) is 79.9 Å². The lowest BCUT2D eigenvalue weighted by molar-refractivity contribution is -0.117. The SMILES string of the molecule is O=C(Nc1ccc(F)cc1)NC1CC(=O)N(c2ccc3c(c2)OCCO3)C1. The molecule has 0 radical (unpaired) electrons. The van der Waals surface area contributed by atoms with Gasteiger partial charge in [0.25, 0.3) is 0 Å². The number of carbonyl (C=O) groups excluding carboxylic acids is 2. The first kappa shape index (κ1) is 17.1. The minimum Gasteiger partial charge on any atom is -0.486 e. The zero-order valence-corrected chi connectivity index (χ0v) is 14.4. The Bertz CT molecular complexity index is 872. The minimum atomic E-state index is -0.441. The molecule has 2 aliphatic rings. The van der Waals surface area contributed by atoms with Gasteiger partial charge in [-0.15, -0.1) is 0 Å². The Hall–Kier alpha value is -3.29. The maximum absolute atomic E-state index is 12.9. The van der Waals surface area contributed by atoms with Crippen LogP contribution in [0.25, 0.3) is 0 Å². The number of hydrogen-bond donors (Lipinski definition) is 2. The van der Waals surface area contributed by atoms with Crippen LogP contribution in [-0.4, -0.2) is 37.7 Å². The van der Waals surface area contributed by atoms with Crippen molar-refractivity contribution in [1.82, 2.24) is 5.32 Å². The highest BCUT2D eigenvalue weighted by Crippen LogP contribution is 2.35. The van der Waals surface area contributed by atoms with Gasteiger partial charge in [0, 0.05) is 30.4 Å². The third kappa shape index (κ3) is 3.79. The number of rotatable bonds is 3. The van der Waals surface area contributed by atoms with E-state index in [1.165, 1.54) is 24.3 Å². The zero-order chi connectivity index (χ0) is 18.8. The lowest BCUT2D eigenvalue weighted by Gasteiger charge is -2.22. The average molecular weight is 371 g/mol. The van der Waals surface area contributed by atoms with Gasteiger partial charge in [0.05, 0.1) is 6.04 Å². The predicted octanol–water partition coefficient (Wildman–Crippen LogP) is 2.52. The van der Waals surface area contributed by atoms with Gasteiger partial charge in [-0.25, -0.2) is 9.18 Å². The van der Waals surface area contributed by atoms with E-state index in [0.29, 0.717) is 42.6 Å². The molecule has 1 saturated heterocycles. The van der Waals surface area contributed by atoms with Crippen molar-refractivity contribution in [2.24, 2.45) is 0 Å². The molecule has 2 N–H and O–H groups in total. The molecule has 27 heavy (non-hydrogen) atoms. The molecule has 4 rings (SSSR count). The molecule has 0 saturated carbocycles. The Balaban J connectivity index is 1.38. The fourth-order valence-electron chi connectivity index (χ4n) is 3.14. The van der Waals surface area contributed by atoms with Crippen molar-refractivity contribution in [3.8, 4) is 11.5 Å². The summed E-state index contributed by atoms with van der Waals surface area (Å²) < 4.78 is 24.0. The standard InChI is InChI=1S/C19H18FN3O4/c20-12-1-3-13(4-2-12)21-19(25)22-14-9-18(24)23(11-14)15-5-6-16-17(10-15)27-8-7-26-16/h1-6,10,14H,7-9,11H2,(H2,21,22,25). The Morgan fingerprint density at radius 3 is 2.59 bits per heavy atom. The van der Waals surface area contributed by atoms with Gasteiger partial charge in [-0.05, 0) is 36.4 Å². The molecule has 2 aromatic rings. The molecule has 0 aromatic heterocycles. The number of benzene rings is 2. The van der Waals surface area contributed by atoms with Crippen molar-refractivity contribution in [2.75, 3.05) is 30.0 Å². The quantitative estimate of drug-likeness (QED) is 0.869. The lowest BCUT2D eigenvalue weighted by atomic mass is 10.2. The summed E-state index contributed by atoms with van der Waals surface area (Å²) in [4.78, 5) is 26.1. The molecule has 8 heteroatoms. The van der Waals surface area contributed by atoms with Crippen LogP contribution in [-0.2, 0) is 4.79 Å². The van der Waals surface area contributed by atoms with Crippen LogP contribution in [0, 0.1) is 5.82 Å². The molecule has 0 aliphatic carbocycles. The Labute approximate surface area is 155 Å². The van der Waals surface area contributed by atoms with E-state index in [2.05, 4.69) is 10.6 Å². The zero-order valence-electron chi connectivity index (χ0n) is 14.4. The summed E-state index contributed by atoms with van der Waals surface area (Å²) in [5.74, 6) is 0.804. The van der Waals surface area contributed by atoms with E-state index >= 15 is 0 Å². The van der Waals surface area contributed by atoms with Crippen LogP contribution in [0.5, 0.6) is 11.5 Å². The number of ether oxygens (including phenoxy) is 2. The van der Waals surface area contributed by atoms with Crippen molar-refractivity contribution < 1.29 is 23.5 Å². The van der Waals surface area contributed by atoms with Crippen LogP contribution in [0.2, 0.25) is 0 Å².